The predicted molar refractivity (Wildman–Crippen MR) is 156 cm³/mol. The van der Waals surface area contributed by atoms with E-state index in [1.165, 1.54) is 44.6 Å². The molecule has 4 nitrogen and oxygen atoms in total. The summed E-state index contributed by atoms with van der Waals surface area (Å²) in [5.41, 5.74) is 11.5. The number of benzene rings is 3. The van der Waals surface area contributed by atoms with E-state index < -0.39 is 0 Å². The van der Waals surface area contributed by atoms with Gasteiger partial charge in [0, 0.05) is 23.8 Å². The van der Waals surface area contributed by atoms with Gasteiger partial charge in [-0.25, -0.2) is 9.97 Å². The molecular formula is C33H38N4. The van der Waals surface area contributed by atoms with E-state index in [1.807, 2.05) is 0 Å². The maximum absolute atomic E-state index is 4.84. The van der Waals surface area contributed by atoms with E-state index in [4.69, 9.17) is 9.97 Å². The van der Waals surface area contributed by atoms with Crippen LogP contribution in [0.1, 0.15) is 74.3 Å². The second-order valence-corrected chi connectivity index (χ2v) is 11.0. The van der Waals surface area contributed by atoms with E-state index in [1.54, 1.807) is 12.4 Å². The van der Waals surface area contributed by atoms with Crippen molar-refractivity contribution in [1.82, 2.24) is 9.97 Å². The Kier molecular flexibility index (Phi) is 6.53. The topological polar surface area (TPSA) is 32.3 Å². The highest BCUT2D eigenvalue weighted by molar-refractivity contribution is 5.86. The Balaban J connectivity index is 1.69. The van der Waals surface area contributed by atoms with Crippen LogP contribution < -0.4 is 9.80 Å². The number of aromatic nitrogens is 2. The van der Waals surface area contributed by atoms with Gasteiger partial charge in [0.2, 0.25) is 0 Å². The van der Waals surface area contributed by atoms with Crippen molar-refractivity contribution in [2.45, 2.75) is 73.4 Å². The van der Waals surface area contributed by atoms with Crippen molar-refractivity contribution in [3.8, 4) is 11.1 Å². The largest absolute Gasteiger partial charge is 0.302 e. The average molecular weight is 491 g/mol. The molecule has 0 aliphatic carbocycles. The van der Waals surface area contributed by atoms with E-state index in [-0.39, 0.29) is 6.17 Å². The Morgan fingerprint density at radius 1 is 0.703 bits per heavy atom. The molecule has 0 saturated carbocycles. The van der Waals surface area contributed by atoms with E-state index in [0.717, 1.165) is 17.3 Å². The first-order chi connectivity index (χ1) is 17.7. The number of hydrogen-bond acceptors (Lipinski definition) is 4. The minimum absolute atomic E-state index is 0.0254. The van der Waals surface area contributed by atoms with E-state index >= 15 is 0 Å². The number of rotatable bonds is 5. The molecule has 0 fully saturated rings. The lowest BCUT2D eigenvalue weighted by atomic mass is 9.84. The third kappa shape index (κ3) is 4.39. The third-order valence-electron chi connectivity index (χ3n) is 7.48. The lowest BCUT2D eigenvalue weighted by molar-refractivity contribution is 0.752. The summed E-state index contributed by atoms with van der Waals surface area (Å²) in [6.07, 6.45) is 3.62. The Morgan fingerprint density at radius 2 is 1.27 bits per heavy atom. The van der Waals surface area contributed by atoms with E-state index in [9.17, 15) is 0 Å². The molecule has 3 aromatic carbocycles. The van der Waals surface area contributed by atoms with Crippen LogP contribution in [0, 0.1) is 20.8 Å². The van der Waals surface area contributed by atoms with Crippen molar-refractivity contribution in [3.63, 3.8) is 0 Å². The summed E-state index contributed by atoms with van der Waals surface area (Å²) in [5, 5.41) is 0. The Hall–Kier alpha value is -3.66. The number of hydrogen-bond donors (Lipinski definition) is 0. The number of aryl methyl sites for hydroxylation is 3. The second-order valence-electron chi connectivity index (χ2n) is 11.0. The van der Waals surface area contributed by atoms with Crippen LogP contribution in [0.2, 0.25) is 0 Å². The Morgan fingerprint density at radius 3 is 1.84 bits per heavy atom. The molecule has 0 bridgehead atoms. The van der Waals surface area contributed by atoms with Gasteiger partial charge in [0.25, 0.3) is 0 Å². The van der Waals surface area contributed by atoms with Crippen LogP contribution in [-0.4, -0.2) is 16.1 Å². The van der Waals surface area contributed by atoms with Crippen LogP contribution in [-0.2, 0) is 0 Å². The molecular weight excluding hydrogens is 452 g/mol. The van der Waals surface area contributed by atoms with Gasteiger partial charge in [0.15, 0.2) is 11.6 Å². The molecule has 0 N–H and O–H groups in total. The highest BCUT2D eigenvalue weighted by Crippen LogP contribution is 2.47. The van der Waals surface area contributed by atoms with Gasteiger partial charge in [0.1, 0.15) is 6.17 Å². The fourth-order valence-corrected chi connectivity index (χ4v) is 5.78. The molecule has 190 valence electrons. The highest BCUT2D eigenvalue weighted by atomic mass is 15.5. The molecule has 2 heterocycles. The maximum atomic E-state index is 4.84. The summed E-state index contributed by atoms with van der Waals surface area (Å²) in [6.45, 7) is 17.9. The van der Waals surface area contributed by atoms with Crippen LogP contribution in [0.3, 0.4) is 0 Å². The fourth-order valence-electron chi connectivity index (χ4n) is 5.78. The lowest BCUT2D eigenvalue weighted by Gasteiger charge is -2.31. The molecule has 1 aliphatic heterocycles. The van der Waals surface area contributed by atoms with Crippen molar-refractivity contribution in [3.05, 3.63) is 94.8 Å². The van der Waals surface area contributed by atoms with Gasteiger partial charge in [-0.3, -0.25) is 0 Å². The monoisotopic (exact) mass is 490 g/mol. The molecule has 0 spiro atoms. The molecule has 0 saturated heterocycles. The molecule has 4 aromatic rings. The molecule has 0 amide bonds. The zero-order valence-electron chi connectivity index (χ0n) is 23.4. The molecule has 1 aromatic heterocycles. The van der Waals surface area contributed by atoms with Crippen molar-refractivity contribution < 1.29 is 0 Å². The summed E-state index contributed by atoms with van der Waals surface area (Å²) in [6, 6.07) is 20.4. The van der Waals surface area contributed by atoms with E-state index in [2.05, 4.69) is 120 Å². The van der Waals surface area contributed by atoms with Crippen LogP contribution in [0.25, 0.3) is 11.1 Å². The summed E-state index contributed by atoms with van der Waals surface area (Å²) in [7, 11) is 0. The maximum Gasteiger partial charge on any atom is 0.178 e. The van der Waals surface area contributed by atoms with Crippen molar-refractivity contribution in [2.24, 2.45) is 0 Å². The highest BCUT2D eigenvalue weighted by Gasteiger charge is 2.38. The molecule has 1 unspecified atom stereocenters. The quantitative estimate of drug-likeness (QED) is 0.279. The SMILES string of the molecule is Cc1cc(C)cc(N2c3nccnc3N(c3cc(-c4c(C(C)C)cccc4C(C)C)ccc3C)C2C)c1. The predicted octanol–water partition coefficient (Wildman–Crippen LogP) is 8.95. The van der Waals surface area contributed by atoms with Gasteiger partial charge >= 0.3 is 0 Å². The van der Waals surface area contributed by atoms with Gasteiger partial charge in [-0.2, -0.15) is 0 Å². The Bertz CT molecular complexity index is 1410. The number of anilines is 4. The molecule has 1 aliphatic rings. The van der Waals surface area contributed by atoms with Crippen LogP contribution in [0.5, 0.6) is 0 Å². The standard InChI is InChI=1S/C33H38N4/c1-20(2)28-10-9-11-29(21(3)4)31(28)26-13-12-24(7)30(19-26)37-25(8)36(32-33(37)35-15-14-34-32)27-17-22(5)16-23(6)18-27/h9-21,25H,1-8H3. The summed E-state index contributed by atoms with van der Waals surface area (Å²) >= 11 is 0. The second kappa shape index (κ2) is 9.66. The Labute approximate surface area is 222 Å². The summed E-state index contributed by atoms with van der Waals surface area (Å²) in [5.74, 6) is 2.68. The number of nitrogens with zero attached hydrogens (tertiary/aromatic N) is 4. The summed E-state index contributed by atoms with van der Waals surface area (Å²) in [4.78, 5) is 14.3. The first kappa shape index (κ1) is 25.0. The third-order valence-corrected chi connectivity index (χ3v) is 7.48. The van der Waals surface area contributed by atoms with Gasteiger partial charge in [-0.05, 0) is 96.7 Å². The smallest absolute Gasteiger partial charge is 0.178 e. The van der Waals surface area contributed by atoms with Crippen molar-refractivity contribution >= 4 is 23.0 Å². The van der Waals surface area contributed by atoms with Crippen LogP contribution in [0.4, 0.5) is 23.0 Å². The first-order valence-electron chi connectivity index (χ1n) is 13.4. The molecule has 0 radical (unpaired) electrons. The zero-order valence-corrected chi connectivity index (χ0v) is 23.4. The molecule has 1 atom stereocenters. The minimum Gasteiger partial charge on any atom is -0.302 e. The van der Waals surface area contributed by atoms with Gasteiger partial charge < -0.3 is 9.80 Å². The van der Waals surface area contributed by atoms with Crippen molar-refractivity contribution in [2.75, 3.05) is 9.80 Å². The summed E-state index contributed by atoms with van der Waals surface area (Å²) < 4.78 is 0. The first-order valence-corrected chi connectivity index (χ1v) is 13.4. The molecule has 4 heteroatoms. The zero-order chi connectivity index (χ0) is 26.4. The number of fused-ring (bicyclic) bond motifs is 1. The van der Waals surface area contributed by atoms with Crippen LogP contribution in [0.15, 0.2) is 67.0 Å². The van der Waals surface area contributed by atoms with Crippen LogP contribution >= 0.6 is 0 Å². The van der Waals surface area contributed by atoms with Gasteiger partial charge in [-0.15, -0.1) is 0 Å². The minimum atomic E-state index is 0.0254. The normalized spacial score (nSPS) is 15.1. The molecule has 37 heavy (non-hydrogen) atoms. The van der Waals surface area contributed by atoms with E-state index in [0.29, 0.717) is 11.8 Å². The van der Waals surface area contributed by atoms with Gasteiger partial charge in [-0.1, -0.05) is 64.1 Å². The average Bonchev–Trinajstić information content (AvgIpc) is 3.14. The molecule has 5 rings (SSSR count). The lowest BCUT2D eigenvalue weighted by Crippen LogP contribution is -2.36. The van der Waals surface area contributed by atoms with Gasteiger partial charge in [0.05, 0.1) is 0 Å². The van der Waals surface area contributed by atoms with Crippen molar-refractivity contribution in [1.29, 1.82) is 0 Å². The fraction of sp³-hybridized carbons (Fsp3) is 0.333.